The highest BCUT2D eigenvalue weighted by molar-refractivity contribution is 5.87. The Balaban J connectivity index is 1.62. The molecule has 5 heteroatoms. The molecule has 0 aromatic carbocycles. The average molecular weight is 489 g/mol. The van der Waals surface area contributed by atoms with Crippen molar-refractivity contribution in [3.8, 4) is 0 Å². The van der Waals surface area contributed by atoms with E-state index in [4.69, 9.17) is 9.47 Å². The van der Waals surface area contributed by atoms with Gasteiger partial charge in [-0.3, -0.25) is 9.59 Å². The normalized spacial score (nSPS) is 45.8. The van der Waals surface area contributed by atoms with E-state index in [1.54, 1.807) is 0 Å². The number of aliphatic hydroxyl groups is 1. The second kappa shape index (κ2) is 8.77. The Hall–Kier alpha value is -1.04. The predicted molar refractivity (Wildman–Crippen MR) is 137 cm³/mol. The van der Waals surface area contributed by atoms with Gasteiger partial charge in [-0.15, -0.1) is 0 Å². The van der Waals surface area contributed by atoms with E-state index in [0.717, 1.165) is 38.5 Å². The van der Waals surface area contributed by atoms with E-state index >= 15 is 0 Å². The van der Waals surface area contributed by atoms with Crippen molar-refractivity contribution in [3.05, 3.63) is 12.2 Å². The molecule has 7 atom stereocenters. The molecule has 2 aliphatic carbocycles. The van der Waals surface area contributed by atoms with Crippen LogP contribution in [0.25, 0.3) is 0 Å². The molecule has 4 fully saturated rings. The zero-order chi connectivity index (χ0) is 26.0. The lowest BCUT2D eigenvalue weighted by atomic mass is 9.53. The number of rotatable bonds is 3. The van der Waals surface area contributed by atoms with Gasteiger partial charge in [0.05, 0.1) is 17.8 Å². The van der Waals surface area contributed by atoms with Gasteiger partial charge in [-0.05, 0) is 90.9 Å². The van der Waals surface area contributed by atoms with Crippen LogP contribution in [0.2, 0.25) is 0 Å². The highest BCUT2D eigenvalue weighted by Gasteiger charge is 2.60. The summed E-state index contributed by atoms with van der Waals surface area (Å²) >= 11 is 0. The molecule has 0 unspecified atom stereocenters. The van der Waals surface area contributed by atoms with Gasteiger partial charge in [-0.1, -0.05) is 32.9 Å². The monoisotopic (exact) mass is 488 g/mol. The first kappa shape index (κ1) is 27.0. The van der Waals surface area contributed by atoms with Crippen molar-refractivity contribution in [2.75, 3.05) is 0 Å². The topological polar surface area (TPSA) is 72.8 Å². The van der Waals surface area contributed by atoms with Crippen LogP contribution in [0.1, 0.15) is 113 Å². The Labute approximate surface area is 212 Å². The molecule has 0 aromatic rings. The zero-order valence-electron chi connectivity index (χ0n) is 23.2. The van der Waals surface area contributed by atoms with Gasteiger partial charge in [0.15, 0.2) is 11.6 Å². The zero-order valence-corrected chi connectivity index (χ0v) is 23.2. The summed E-state index contributed by atoms with van der Waals surface area (Å²) in [5.41, 5.74) is -1.92. The Bertz CT molecular complexity index is 889. The van der Waals surface area contributed by atoms with Crippen molar-refractivity contribution in [3.63, 3.8) is 0 Å². The van der Waals surface area contributed by atoms with Crippen LogP contribution in [0, 0.1) is 22.7 Å². The molecule has 35 heavy (non-hydrogen) atoms. The number of carbonyl (C=O) groups excluding carboxylic acids is 2. The van der Waals surface area contributed by atoms with E-state index < -0.39 is 22.2 Å². The van der Waals surface area contributed by atoms with Crippen molar-refractivity contribution in [1.29, 1.82) is 0 Å². The van der Waals surface area contributed by atoms with Gasteiger partial charge >= 0.3 is 0 Å². The lowest BCUT2D eigenvalue weighted by Gasteiger charge is -2.57. The highest BCUT2D eigenvalue weighted by atomic mass is 16.5. The predicted octanol–water partition coefficient (Wildman–Crippen LogP) is 5.96. The van der Waals surface area contributed by atoms with Crippen molar-refractivity contribution >= 4 is 11.6 Å². The fourth-order valence-electron chi connectivity index (χ4n) is 8.04. The third kappa shape index (κ3) is 4.28. The van der Waals surface area contributed by atoms with E-state index in [2.05, 4.69) is 27.4 Å². The van der Waals surface area contributed by atoms with Gasteiger partial charge in [0, 0.05) is 23.7 Å². The lowest BCUT2D eigenvalue weighted by molar-refractivity contribution is -0.227. The summed E-state index contributed by atoms with van der Waals surface area (Å²) in [5.74, 6) is 0.611. The number of hydrogen-bond acceptors (Lipinski definition) is 5. The molecule has 2 aliphatic heterocycles. The maximum atomic E-state index is 12.8. The molecular weight excluding hydrogens is 440 g/mol. The highest BCUT2D eigenvalue weighted by Crippen LogP contribution is 2.58. The third-order valence-corrected chi connectivity index (χ3v) is 10.9. The summed E-state index contributed by atoms with van der Waals surface area (Å²) in [5, 5.41) is 12.4. The second-order valence-electron chi connectivity index (χ2n) is 13.7. The quantitative estimate of drug-likeness (QED) is 0.496. The van der Waals surface area contributed by atoms with Crippen LogP contribution in [0.15, 0.2) is 12.2 Å². The molecule has 0 amide bonds. The summed E-state index contributed by atoms with van der Waals surface area (Å²) in [6, 6.07) is 0. The second-order valence-corrected chi connectivity index (χ2v) is 13.7. The van der Waals surface area contributed by atoms with Crippen molar-refractivity contribution in [1.82, 2.24) is 0 Å². The number of ether oxygens (including phenoxy) is 2. The van der Waals surface area contributed by atoms with Gasteiger partial charge < -0.3 is 14.6 Å². The number of allylic oxidation sites excluding steroid dienone is 1. The van der Waals surface area contributed by atoms with E-state index in [0.29, 0.717) is 25.7 Å². The molecule has 2 heterocycles. The molecule has 4 aliphatic rings. The Kier molecular flexibility index (Phi) is 6.77. The molecule has 198 valence electrons. The van der Waals surface area contributed by atoms with Crippen LogP contribution in [0.5, 0.6) is 0 Å². The van der Waals surface area contributed by atoms with Crippen LogP contribution in [0.3, 0.4) is 0 Å². The molecule has 4 rings (SSSR count). The summed E-state index contributed by atoms with van der Waals surface area (Å²) in [4.78, 5) is 25.6. The van der Waals surface area contributed by atoms with Gasteiger partial charge in [0.2, 0.25) is 0 Å². The maximum Gasteiger partial charge on any atom is 0.164 e. The van der Waals surface area contributed by atoms with Crippen LogP contribution in [-0.2, 0) is 19.1 Å². The lowest BCUT2D eigenvalue weighted by Crippen LogP contribution is -2.61. The molecule has 2 saturated heterocycles. The number of Topliss-reactive ketones (excluding diaryl/α,β-unsaturated/α-hetero) is 2. The average Bonchev–Trinajstić information content (AvgIpc) is 2.92. The molecule has 5 nitrogen and oxygen atoms in total. The largest absolute Gasteiger partial charge is 0.389 e. The van der Waals surface area contributed by atoms with Crippen LogP contribution in [-0.4, -0.2) is 45.7 Å². The molecule has 0 radical (unpaired) electrons. The fraction of sp³-hybridized carbons (Fsp3) is 0.867. The number of hydrogen-bond donors (Lipinski definition) is 1. The Morgan fingerprint density at radius 1 is 0.857 bits per heavy atom. The SMILES string of the molecule is C=C1CC[C@H]2OC(C)(C)C(=O)CC[C@]2(C)[C@H]1CC[C@@]1(O)[C@H](C)CC[C@H]2OC(C)(C)C(=O)CC[C@@]21C. The van der Waals surface area contributed by atoms with Crippen LogP contribution in [0.4, 0.5) is 0 Å². The van der Waals surface area contributed by atoms with Crippen molar-refractivity contribution in [2.45, 2.75) is 142 Å². The molecule has 0 spiro atoms. The first-order valence-electron chi connectivity index (χ1n) is 13.9. The molecule has 2 saturated carbocycles. The minimum atomic E-state index is -0.930. The van der Waals surface area contributed by atoms with Gasteiger partial charge in [0.1, 0.15) is 11.2 Å². The number of fused-ring (bicyclic) bond motifs is 2. The summed E-state index contributed by atoms with van der Waals surface area (Å²) in [6.07, 6.45) is 7.29. The summed E-state index contributed by atoms with van der Waals surface area (Å²) < 4.78 is 12.9. The Morgan fingerprint density at radius 3 is 2.06 bits per heavy atom. The standard InChI is InChI=1S/C30H48O5/c1-19-9-11-24-28(7,16-14-22(31)26(3,4)34-24)21(19)13-18-30(33)20(2)10-12-25-29(30,8)17-15-23(32)27(5,6)35-25/h20-21,24-25,33H,1,9-18H2,2-8H3/t20-,21+,24-,25-,28-,29+,30-/m1/s1. The minimum absolute atomic E-state index is 0.0147. The molecule has 0 bridgehead atoms. The minimum Gasteiger partial charge on any atom is -0.389 e. The van der Waals surface area contributed by atoms with Crippen LogP contribution < -0.4 is 0 Å². The van der Waals surface area contributed by atoms with E-state index in [-0.39, 0.29) is 41.0 Å². The first-order chi connectivity index (χ1) is 16.1. The van der Waals surface area contributed by atoms with Crippen molar-refractivity contribution < 1.29 is 24.2 Å². The summed E-state index contributed by atoms with van der Waals surface area (Å²) in [6.45, 7) is 18.6. The van der Waals surface area contributed by atoms with E-state index in [1.807, 2.05) is 27.7 Å². The van der Waals surface area contributed by atoms with E-state index in [9.17, 15) is 14.7 Å². The van der Waals surface area contributed by atoms with E-state index in [1.165, 1.54) is 5.57 Å². The molecule has 0 aromatic heterocycles. The molecule has 1 N–H and O–H groups in total. The smallest absolute Gasteiger partial charge is 0.164 e. The number of ketones is 2. The number of carbonyl (C=O) groups is 2. The Morgan fingerprint density at radius 2 is 1.43 bits per heavy atom. The third-order valence-electron chi connectivity index (χ3n) is 10.9. The molecular formula is C30H48O5. The van der Waals surface area contributed by atoms with Gasteiger partial charge in [0.25, 0.3) is 0 Å². The maximum absolute atomic E-state index is 12.8. The van der Waals surface area contributed by atoms with Crippen LogP contribution >= 0.6 is 0 Å². The van der Waals surface area contributed by atoms with Gasteiger partial charge in [-0.2, -0.15) is 0 Å². The summed E-state index contributed by atoms with van der Waals surface area (Å²) in [7, 11) is 0. The first-order valence-corrected chi connectivity index (χ1v) is 13.9. The fourth-order valence-corrected chi connectivity index (χ4v) is 8.04. The van der Waals surface area contributed by atoms with Gasteiger partial charge in [-0.25, -0.2) is 0 Å². The van der Waals surface area contributed by atoms with Crippen molar-refractivity contribution in [2.24, 2.45) is 22.7 Å².